The molecule has 0 atom stereocenters. The summed E-state index contributed by atoms with van der Waals surface area (Å²) in [5.74, 6) is 1.20. The molecular weight excluding hydrogens is 256 g/mol. The summed E-state index contributed by atoms with van der Waals surface area (Å²) in [6.07, 6.45) is 3.82. The molecule has 0 saturated carbocycles. The highest BCUT2D eigenvalue weighted by atomic mass is 32.2. The van der Waals surface area contributed by atoms with Crippen molar-refractivity contribution in [2.45, 2.75) is 11.8 Å². The van der Waals surface area contributed by atoms with E-state index in [-0.39, 0.29) is 11.5 Å². The zero-order valence-corrected chi connectivity index (χ0v) is 11.5. The number of rotatable bonds is 4. The number of hydrogen-bond acceptors (Lipinski definition) is 3. The Balaban J connectivity index is 2.13. The molecule has 2 aromatic carbocycles. The number of phenols is 2. The van der Waals surface area contributed by atoms with Gasteiger partial charge >= 0.3 is 0 Å². The summed E-state index contributed by atoms with van der Waals surface area (Å²) >= 11 is 1.81. The first kappa shape index (κ1) is 13.6. The summed E-state index contributed by atoms with van der Waals surface area (Å²) < 4.78 is 0. The van der Waals surface area contributed by atoms with Gasteiger partial charge in [-0.3, -0.25) is 0 Å². The van der Waals surface area contributed by atoms with Crippen molar-refractivity contribution in [3.05, 3.63) is 53.6 Å². The summed E-state index contributed by atoms with van der Waals surface area (Å²) in [5, 5.41) is 18.8. The Kier molecular flexibility index (Phi) is 4.53. The van der Waals surface area contributed by atoms with E-state index in [0.717, 1.165) is 16.9 Å². The lowest BCUT2D eigenvalue weighted by Crippen LogP contribution is -1.76. The van der Waals surface area contributed by atoms with E-state index in [9.17, 15) is 10.2 Å². The van der Waals surface area contributed by atoms with E-state index < -0.39 is 0 Å². The standard InChI is InChI=1S/C16H16O2S/c1-2-19-16-7-5-12(6-8-16)3-4-13-9-14(17)11-15(18)10-13/h3-11,17-18H,2H2,1H3/b4-3+. The lowest BCUT2D eigenvalue weighted by Gasteiger charge is -2.00. The Morgan fingerprint density at radius 3 is 2.05 bits per heavy atom. The van der Waals surface area contributed by atoms with Gasteiger partial charge in [-0.25, -0.2) is 0 Å². The molecule has 2 nitrogen and oxygen atoms in total. The van der Waals surface area contributed by atoms with E-state index in [1.165, 1.54) is 11.0 Å². The predicted molar refractivity (Wildman–Crippen MR) is 81.5 cm³/mol. The summed E-state index contributed by atoms with van der Waals surface area (Å²) in [6, 6.07) is 12.8. The topological polar surface area (TPSA) is 40.5 Å². The first-order chi connectivity index (χ1) is 9.17. The second kappa shape index (κ2) is 6.34. The minimum Gasteiger partial charge on any atom is -0.508 e. The molecule has 3 heteroatoms. The maximum Gasteiger partial charge on any atom is 0.119 e. The van der Waals surface area contributed by atoms with Crippen LogP contribution in [0, 0.1) is 0 Å². The molecule has 0 heterocycles. The van der Waals surface area contributed by atoms with Gasteiger partial charge in [0, 0.05) is 11.0 Å². The molecule has 0 amide bonds. The van der Waals surface area contributed by atoms with Crippen LogP contribution in [-0.2, 0) is 0 Å². The number of phenolic OH excluding ortho intramolecular Hbond substituents is 2. The fourth-order valence-corrected chi connectivity index (χ4v) is 2.41. The van der Waals surface area contributed by atoms with Crippen molar-refractivity contribution < 1.29 is 10.2 Å². The molecule has 2 aromatic rings. The Morgan fingerprint density at radius 1 is 0.895 bits per heavy atom. The first-order valence-electron chi connectivity index (χ1n) is 6.11. The fourth-order valence-electron chi connectivity index (χ4n) is 1.75. The summed E-state index contributed by atoms with van der Waals surface area (Å²) in [7, 11) is 0. The number of thioether (sulfide) groups is 1. The number of benzene rings is 2. The van der Waals surface area contributed by atoms with Gasteiger partial charge in [0.05, 0.1) is 0 Å². The lowest BCUT2D eigenvalue weighted by atomic mass is 10.1. The van der Waals surface area contributed by atoms with Gasteiger partial charge in [-0.15, -0.1) is 11.8 Å². The van der Waals surface area contributed by atoms with Crippen molar-refractivity contribution in [3.63, 3.8) is 0 Å². The minimum absolute atomic E-state index is 0.0642. The van der Waals surface area contributed by atoms with E-state index in [1.807, 2.05) is 23.9 Å². The van der Waals surface area contributed by atoms with Gasteiger partial charge in [0.15, 0.2) is 0 Å². The molecule has 0 aliphatic carbocycles. The van der Waals surface area contributed by atoms with E-state index in [1.54, 1.807) is 12.1 Å². The molecule has 0 aliphatic heterocycles. The van der Waals surface area contributed by atoms with Gasteiger partial charge in [-0.05, 0) is 41.1 Å². The van der Waals surface area contributed by atoms with Crippen molar-refractivity contribution in [1.82, 2.24) is 0 Å². The van der Waals surface area contributed by atoms with Crippen LogP contribution in [0.2, 0.25) is 0 Å². The van der Waals surface area contributed by atoms with Gasteiger partial charge in [-0.2, -0.15) is 0 Å². The van der Waals surface area contributed by atoms with Gasteiger partial charge in [0.2, 0.25) is 0 Å². The molecule has 2 rings (SSSR count). The Bertz CT molecular complexity index is 554. The molecule has 0 unspecified atom stereocenters. The quantitative estimate of drug-likeness (QED) is 0.641. The number of aromatic hydroxyl groups is 2. The average molecular weight is 272 g/mol. The smallest absolute Gasteiger partial charge is 0.119 e. The maximum absolute atomic E-state index is 9.39. The highest BCUT2D eigenvalue weighted by Gasteiger charge is 1.96. The van der Waals surface area contributed by atoms with Crippen LogP contribution >= 0.6 is 11.8 Å². The molecular formula is C16H16O2S. The SMILES string of the molecule is CCSc1ccc(/C=C/c2cc(O)cc(O)c2)cc1. The number of hydrogen-bond donors (Lipinski definition) is 2. The largest absolute Gasteiger partial charge is 0.508 e. The van der Waals surface area contributed by atoms with E-state index in [4.69, 9.17) is 0 Å². The Labute approximate surface area is 117 Å². The Morgan fingerprint density at radius 2 is 1.47 bits per heavy atom. The molecule has 0 fully saturated rings. The molecule has 0 bridgehead atoms. The van der Waals surface area contributed by atoms with Crippen LogP contribution in [0.1, 0.15) is 18.1 Å². The highest BCUT2D eigenvalue weighted by Crippen LogP contribution is 2.22. The molecule has 0 saturated heterocycles. The second-order valence-electron chi connectivity index (χ2n) is 4.12. The molecule has 0 aliphatic rings. The first-order valence-corrected chi connectivity index (χ1v) is 7.10. The monoisotopic (exact) mass is 272 g/mol. The molecule has 0 aromatic heterocycles. The molecule has 0 radical (unpaired) electrons. The van der Waals surface area contributed by atoms with Crippen LogP contribution in [0.3, 0.4) is 0 Å². The summed E-state index contributed by atoms with van der Waals surface area (Å²) in [5.41, 5.74) is 1.85. The van der Waals surface area contributed by atoms with Crippen LogP contribution in [0.5, 0.6) is 11.5 Å². The van der Waals surface area contributed by atoms with Crippen molar-refractivity contribution in [2.75, 3.05) is 5.75 Å². The zero-order chi connectivity index (χ0) is 13.7. The van der Waals surface area contributed by atoms with E-state index in [0.29, 0.717) is 0 Å². The third-order valence-corrected chi connectivity index (χ3v) is 3.48. The van der Waals surface area contributed by atoms with Gasteiger partial charge in [0.1, 0.15) is 11.5 Å². The van der Waals surface area contributed by atoms with Crippen LogP contribution in [-0.4, -0.2) is 16.0 Å². The summed E-state index contributed by atoms with van der Waals surface area (Å²) in [6.45, 7) is 2.13. The van der Waals surface area contributed by atoms with Gasteiger partial charge in [0.25, 0.3) is 0 Å². The normalized spacial score (nSPS) is 11.0. The predicted octanol–water partition coefficient (Wildman–Crippen LogP) is 4.38. The highest BCUT2D eigenvalue weighted by molar-refractivity contribution is 7.99. The van der Waals surface area contributed by atoms with Crippen LogP contribution in [0.4, 0.5) is 0 Å². The van der Waals surface area contributed by atoms with Crippen molar-refractivity contribution in [1.29, 1.82) is 0 Å². The van der Waals surface area contributed by atoms with Crippen molar-refractivity contribution in [3.8, 4) is 11.5 Å². The molecule has 2 N–H and O–H groups in total. The third-order valence-electron chi connectivity index (χ3n) is 2.58. The van der Waals surface area contributed by atoms with E-state index >= 15 is 0 Å². The van der Waals surface area contributed by atoms with Gasteiger partial charge in [-0.1, -0.05) is 31.2 Å². The fraction of sp³-hybridized carbons (Fsp3) is 0.125. The van der Waals surface area contributed by atoms with Crippen molar-refractivity contribution in [2.24, 2.45) is 0 Å². The third kappa shape index (κ3) is 4.07. The Hall–Kier alpha value is -1.87. The minimum atomic E-state index is 0.0642. The van der Waals surface area contributed by atoms with Crippen LogP contribution < -0.4 is 0 Å². The zero-order valence-electron chi connectivity index (χ0n) is 10.7. The average Bonchev–Trinajstić information content (AvgIpc) is 2.37. The second-order valence-corrected chi connectivity index (χ2v) is 5.46. The van der Waals surface area contributed by atoms with Crippen LogP contribution in [0.25, 0.3) is 12.2 Å². The molecule has 19 heavy (non-hydrogen) atoms. The summed E-state index contributed by atoms with van der Waals surface area (Å²) in [4.78, 5) is 1.26. The molecule has 0 spiro atoms. The van der Waals surface area contributed by atoms with Crippen molar-refractivity contribution >= 4 is 23.9 Å². The van der Waals surface area contributed by atoms with E-state index in [2.05, 4.69) is 31.2 Å². The molecule has 98 valence electrons. The lowest BCUT2D eigenvalue weighted by molar-refractivity contribution is 0.450. The van der Waals surface area contributed by atoms with Gasteiger partial charge < -0.3 is 10.2 Å². The maximum atomic E-state index is 9.39. The van der Waals surface area contributed by atoms with Crippen LogP contribution in [0.15, 0.2) is 47.4 Å².